The van der Waals surface area contributed by atoms with Crippen molar-refractivity contribution in [3.63, 3.8) is 0 Å². The number of aliphatic hydroxyl groups is 1. The van der Waals surface area contributed by atoms with Crippen molar-refractivity contribution in [1.82, 2.24) is 9.62 Å². The zero-order valence-electron chi connectivity index (χ0n) is 10.4. The Morgan fingerprint density at radius 1 is 1.58 bits per heavy atom. The summed E-state index contributed by atoms with van der Waals surface area (Å²) in [5.41, 5.74) is 0. The van der Waals surface area contributed by atoms with E-state index in [2.05, 4.69) is 4.72 Å². The molecule has 0 saturated carbocycles. The lowest BCUT2D eigenvalue weighted by Gasteiger charge is -2.15. The van der Waals surface area contributed by atoms with Gasteiger partial charge < -0.3 is 10.0 Å². The molecule has 106 valence electrons. The number of aliphatic hydroxyl groups excluding tert-OH is 1. The third-order valence-corrected chi connectivity index (χ3v) is 4.52. The lowest BCUT2D eigenvalue weighted by Crippen LogP contribution is -2.42. The highest BCUT2D eigenvalue weighted by Gasteiger charge is 2.35. The molecule has 1 saturated heterocycles. The molecule has 2 rings (SSSR count). The Balaban J connectivity index is 1.95. The molecular formula is C11H16N2O4S2. The van der Waals surface area contributed by atoms with Gasteiger partial charge >= 0.3 is 0 Å². The van der Waals surface area contributed by atoms with Crippen molar-refractivity contribution in [3.8, 4) is 0 Å². The smallest absolute Gasteiger partial charge is 0.227 e. The second kappa shape index (κ2) is 5.58. The summed E-state index contributed by atoms with van der Waals surface area (Å²) in [6, 6.07) is 3.13. The van der Waals surface area contributed by atoms with Gasteiger partial charge in [-0.25, -0.2) is 13.1 Å². The lowest BCUT2D eigenvalue weighted by atomic mass is 10.2. The van der Waals surface area contributed by atoms with E-state index in [1.54, 1.807) is 0 Å². The minimum atomic E-state index is -3.39. The van der Waals surface area contributed by atoms with E-state index < -0.39 is 22.2 Å². The van der Waals surface area contributed by atoms with Crippen LogP contribution < -0.4 is 4.72 Å². The number of nitrogens with zero attached hydrogens (tertiary/aromatic N) is 1. The molecule has 2 heterocycles. The predicted octanol–water partition coefficient (Wildman–Crippen LogP) is -0.588. The fourth-order valence-corrected chi connectivity index (χ4v) is 3.53. The van der Waals surface area contributed by atoms with Gasteiger partial charge in [0.05, 0.1) is 24.8 Å². The van der Waals surface area contributed by atoms with Crippen molar-refractivity contribution in [1.29, 1.82) is 0 Å². The Hall–Kier alpha value is -0.960. The van der Waals surface area contributed by atoms with Gasteiger partial charge in [0, 0.05) is 18.0 Å². The molecule has 8 heteroatoms. The van der Waals surface area contributed by atoms with Crippen molar-refractivity contribution < 1.29 is 18.3 Å². The van der Waals surface area contributed by atoms with Gasteiger partial charge in [0.2, 0.25) is 15.9 Å². The Morgan fingerprint density at radius 3 is 2.89 bits per heavy atom. The number of likely N-dealkylation sites (tertiary alicyclic amines) is 1. The molecule has 1 aromatic heterocycles. The number of thiophene rings is 1. The Morgan fingerprint density at radius 2 is 2.32 bits per heavy atom. The number of rotatable bonds is 4. The van der Waals surface area contributed by atoms with E-state index >= 15 is 0 Å². The van der Waals surface area contributed by atoms with E-state index in [1.807, 2.05) is 17.5 Å². The number of β-amino-alcohol motifs (C(OH)–C–C–N with tert-alkyl or cyclic N) is 1. The number of nitrogens with one attached hydrogen (secondary N) is 1. The molecule has 2 atom stereocenters. The van der Waals surface area contributed by atoms with E-state index in [0.29, 0.717) is 0 Å². The highest BCUT2D eigenvalue weighted by Crippen LogP contribution is 2.15. The molecule has 0 unspecified atom stereocenters. The standard InChI is InChI=1S/C11H16N2O4S2/c1-19(16,17)12-9-6-13(7-10(9)14)11(15)5-8-3-2-4-18-8/h2-4,9-10,12,14H,5-7H2,1H3/t9-,10-/m1/s1. The second-order valence-corrected chi connectivity index (χ2v) is 7.43. The van der Waals surface area contributed by atoms with Crippen LogP contribution in [-0.4, -0.2) is 55.8 Å². The molecule has 2 N–H and O–H groups in total. The second-order valence-electron chi connectivity index (χ2n) is 4.62. The van der Waals surface area contributed by atoms with Crippen LogP contribution in [0, 0.1) is 0 Å². The summed E-state index contributed by atoms with van der Waals surface area (Å²) in [7, 11) is -3.39. The maximum atomic E-state index is 12.0. The van der Waals surface area contributed by atoms with Gasteiger partial charge in [-0.2, -0.15) is 0 Å². The number of hydrogen-bond acceptors (Lipinski definition) is 5. The van der Waals surface area contributed by atoms with Crippen LogP contribution >= 0.6 is 11.3 Å². The molecule has 0 bridgehead atoms. The van der Waals surface area contributed by atoms with E-state index in [0.717, 1.165) is 11.1 Å². The largest absolute Gasteiger partial charge is 0.390 e. The van der Waals surface area contributed by atoms with E-state index in [-0.39, 0.29) is 25.4 Å². The minimum absolute atomic E-state index is 0.0979. The summed E-state index contributed by atoms with van der Waals surface area (Å²) in [5, 5.41) is 11.7. The fourth-order valence-electron chi connectivity index (χ4n) is 2.06. The van der Waals surface area contributed by atoms with Gasteiger partial charge in [-0.3, -0.25) is 4.79 Å². The van der Waals surface area contributed by atoms with Gasteiger partial charge in [0.1, 0.15) is 0 Å². The van der Waals surface area contributed by atoms with Crippen LogP contribution in [0.5, 0.6) is 0 Å². The maximum Gasteiger partial charge on any atom is 0.227 e. The molecule has 1 aromatic rings. The molecule has 19 heavy (non-hydrogen) atoms. The third kappa shape index (κ3) is 4.00. The Bertz CT molecular complexity index is 541. The van der Waals surface area contributed by atoms with Crippen LogP contribution in [0.15, 0.2) is 17.5 Å². The third-order valence-electron chi connectivity index (χ3n) is 2.91. The summed E-state index contributed by atoms with van der Waals surface area (Å²) in [6.07, 6.45) is 0.466. The summed E-state index contributed by atoms with van der Waals surface area (Å²) in [6.45, 7) is 0.371. The van der Waals surface area contributed by atoms with E-state index in [9.17, 15) is 18.3 Å². The predicted molar refractivity (Wildman–Crippen MR) is 72.4 cm³/mol. The van der Waals surface area contributed by atoms with Gasteiger partial charge in [-0.15, -0.1) is 11.3 Å². The first-order chi connectivity index (χ1) is 8.85. The van der Waals surface area contributed by atoms with E-state index in [1.165, 1.54) is 16.2 Å². The highest BCUT2D eigenvalue weighted by atomic mass is 32.2. The van der Waals surface area contributed by atoms with Crippen LogP contribution in [0.2, 0.25) is 0 Å². The van der Waals surface area contributed by atoms with Crippen molar-refractivity contribution in [2.24, 2.45) is 0 Å². The molecule has 1 aliphatic rings. The average Bonchev–Trinajstić information content (AvgIpc) is 2.88. The topological polar surface area (TPSA) is 86.7 Å². The fraction of sp³-hybridized carbons (Fsp3) is 0.545. The Kier molecular flexibility index (Phi) is 4.24. The van der Waals surface area contributed by atoms with Crippen molar-refractivity contribution in [2.45, 2.75) is 18.6 Å². The molecule has 0 radical (unpaired) electrons. The van der Waals surface area contributed by atoms with Crippen molar-refractivity contribution in [3.05, 3.63) is 22.4 Å². The number of hydrogen-bond donors (Lipinski definition) is 2. The molecular weight excluding hydrogens is 288 g/mol. The quantitative estimate of drug-likeness (QED) is 0.778. The lowest BCUT2D eigenvalue weighted by molar-refractivity contribution is -0.129. The Labute approximate surface area is 116 Å². The number of sulfonamides is 1. The highest BCUT2D eigenvalue weighted by molar-refractivity contribution is 7.88. The molecule has 1 amide bonds. The normalized spacial score (nSPS) is 23.8. The zero-order valence-corrected chi connectivity index (χ0v) is 12.1. The van der Waals surface area contributed by atoms with Crippen molar-refractivity contribution >= 4 is 27.3 Å². The summed E-state index contributed by atoms with van der Waals surface area (Å²) in [4.78, 5) is 14.5. The molecule has 6 nitrogen and oxygen atoms in total. The summed E-state index contributed by atoms with van der Waals surface area (Å²) in [5.74, 6) is -0.0979. The first-order valence-corrected chi connectivity index (χ1v) is 8.58. The summed E-state index contributed by atoms with van der Waals surface area (Å²) < 4.78 is 24.6. The molecule has 0 spiro atoms. The first kappa shape index (κ1) is 14.4. The van der Waals surface area contributed by atoms with Crippen LogP contribution in [0.4, 0.5) is 0 Å². The SMILES string of the molecule is CS(=O)(=O)N[C@@H]1CN(C(=O)Cc2cccs2)C[C@H]1O. The maximum absolute atomic E-state index is 12.0. The van der Waals surface area contributed by atoms with Crippen LogP contribution in [-0.2, 0) is 21.2 Å². The first-order valence-electron chi connectivity index (χ1n) is 5.80. The number of amides is 1. The van der Waals surface area contributed by atoms with Crippen LogP contribution in [0.3, 0.4) is 0 Å². The van der Waals surface area contributed by atoms with Gasteiger partial charge in [-0.1, -0.05) is 6.07 Å². The monoisotopic (exact) mass is 304 g/mol. The van der Waals surface area contributed by atoms with Crippen LogP contribution in [0.25, 0.3) is 0 Å². The van der Waals surface area contributed by atoms with Gasteiger partial charge in [0.25, 0.3) is 0 Å². The van der Waals surface area contributed by atoms with Gasteiger partial charge in [-0.05, 0) is 11.4 Å². The number of carbonyl (C=O) groups is 1. The molecule has 1 aliphatic heterocycles. The number of carbonyl (C=O) groups excluding carboxylic acids is 1. The van der Waals surface area contributed by atoms with Crippen LogP contribution in [0.1, 0.15) is 4.88 Å². The average molecular weight is 304 g/mol. The molecule has 1 fully saturated rings. The molecule has 0 aromatic carbocycles. The summed E-state index contributed by atoms with van der Waals surface area (Å²) >= 11 is 1.50. The minimum Gasteiger partial charge on any atom is -0.390 e. The molecule has 0 aliphatic carbocycles. The van der Waals surface area contributed by atoms with Crippen molar-refractivity contribution in [2.75, 3.05) is 19.3 Å². The van der Waals surface area contributed by atoms with E-state index in [4.69, 9.17) is 0 Å². The zero-order chi connectivity index (χ0) is 14.0. The van der Waals surface area contributed by atoms with Gasteiger partial charge in [0.15, 0.2) is 0 Å².